The van der Waals surface area contributed by atoms with E-state index in [-0.39, 0.29) is 12.5 Å². The van der Waals surface area contributed by atoms with Gasteiger partial charge in [-0.25, -0.2) is 0 Å². The topological polar surface area (TPSA) is 40.5 Å². The molecular weight excluding hydrogens is 341 g/mol. The molecule has 0 aliphatic carbocycles. The van der Waals surface area contributed by atoms with Gasteiger partial charge in [-0.05, 0) is 72.0 Å². The number of halogens is 1. The van der Waals surface area contributed by atoms with Gasteiger partial charge in [-0.2, -0.15) is 0 Å². The number of carbonyl (C=O) groups is 1. The summed E-state index contributed by atoms with van der Waals surface area (Å²) < 4.78 is 1.14. The monoisotopic (exact) mass is 359 g/mol. The van der Waals surface area contributed by atoms with Crippen LogP contribution in [0.4, 0.5) is 0 Å². The van der Waals surface area contributed by atoms with Crippen molar-refractivity contribution in [1.29, 1.82) is 0 Å². The van der Waals surface area contributed by atoms with Gasteiger partial charge in [-0.3, -0.25) is 4.79 Å². The minimum atomic E-state index is 0.119. The summed E-state index contributed by atoms with van der Waals surface area (Å²) in [6.45, 7) is 1.84. The van der Waals surface area contributed by atoms with Crippen molar-refractivity contribution in [3.63, 3.8) is 0 Å². The third-order valence-corrected chi connectivity index (χ3v) is 4.15. The van der Waals surface area contributed by atoms with Crippen LogP contribution in [-0.2, 0) is 0 Å². The van der Waals surface area contributed by atoms with Gasteiger partial charge in [0.1, 0.15) is 0 Å². The Labute approximate surface area is 121 Å². The van der Waals surface area contributed by atoms with Crippen LogP contribution in [0.25, 0.3) is 0 Å². The molecule has 3 nitrogen and oxygen atoms in total. The third kappa shape index (κ3) is 3.45. The highest BCUT2D eigenvalue weighted by Gasteiger charge is 2.23. The molecule has 0 radical (unpaired) electrons. The Kier molecular flexibility index (Phi) is 5.00. The molecule has 1 aliphatic rings. The Balaban J connectivity index is 2.02. The molecule has 1 N–H and O–H groups in total. The number of rotatable bonds is 3. The third-order valence-electron chi connectivity index (χ3n) is 3.43. The van der Waals surface area contributed by atoms with E-state index < -0.39 is 0 Å². The van der Waals surface area contributed by atoms with Gasteiger partial charge in [-0.1, -0.05) is 0 Å². The molecule has 4 heteroatoms. The van der Waals surface area contributed by atoms with Crippen LogP contribution in [0.2, 0.25) is 0 Å². The van der Waals surface area contributed by atoms with Crippen LogP contribution >= 0.6 is 22.6 Å². The van der Waals surface area contributed by atoms with Crippen LogP contribution in [0, 0.1) is 9.49 Å². The van der Waals surface area contributed by atoms with E-state index in [1.807, 2.05) is 29.2 Å². The predicted molar refractivity (Wildman–Crippen MR) is 79.5 cm³/mol. The molecule has 0 spiro atoms. The number of carbonyl (C=O) groups excluding carboxylic acids is 1. The summed E-state index contributed by atoms with van der Waals surface area (Å²) in [6, 6.07) is 7.70. The summed E-state index contributed by atoms with van der Waals surface area (Å²) in [5.74, 6) is 0.575. The summed E-state index contributed by atoms with van der Waals surface area (Å²) in [7, 11) is 0. The molecule has 98 valence electrons. The minimum Gasteiger partial charge on any atom is -0.396 e. The summed E-state index contributed by atoms with van der Waals surface area (Å²) in [4.78, 5) is 14.2. The molecule has 1 aromatic rings. The zero-order valence-corrected chi connectivity index (χ0v) is 12.5. The average molecular weight is 359 g/mol. The summed E-state index contributed by atoms with van der Waals surface area (Å²) in [5, 5.41) is 8.99. The van der Waals surface area contributed by atoms with E-state index in [0.29, 0.717) is 5.92 Å². The molecule has 0 aromatic heterocycles. The number of benzene rings is 1. The smallest absolute Gasteiger partial charge is 0.253 e. The van der Waals surface area contributed by atoms with Gasteiger partial charge in [0.15, 0.2) is 0 Å². The largest absolute Gasteiger partial charge is 0.396 e. The normalized spacial score (nSPS) is 19.9. The summed E-state index contributed by atoms with van der Waals surface area (Å²) in [6.07, 6.45) is 2.97. The molecular formula is C14H18INO2. The lowest BCUT2D eigenvalue weighted by Gasteiger charge is -2.32. The second kappa shape index (κ2) is 6.52. The van der Waals surface area contributed by atoms with Gasteiger partial charge in [0.25, 0.3) is 5.91 Å². The van der Waals surface area contributed by atoms with Crippen molar-refractivity contribution in [3.8, 4) is 0 Å². The van der Waals surface area contributed by atoms with Gasteiger partial charge < -0.3 is 10.0 Å². The maximum absolute atomic E-state index is 12.3. The molecule has 1 fully saturated rings. The number of amides is 1. The van der Waals surface area contributed by atoms with Crippen LogP contribution in [0.1, 0.15) is 29.6 Å². The van der Waals surface area contributed by atoms with Crippen molar-refractivity contribution >= 4 is 28.5 Å². The maximum atomic E-state index is 12.3. The zero-order valence-electron chi connectivity index (χ0n) is 10.3. The number of nitrogens with zero attached hydrogens (tertiary/aromatic N) is 1. The Morgan fingerprint density at radius 1 is 1.39 bits per heavy atom. The Morgan fingerprint density at radius 3 is 2.78 bits per heavy atom. The maximum Gasteiger partial charge on any atom is 0.253 e. The first-order chi connectivity index (χ1) is 8.70. The Hall–Kier alpha value is -0.620. The second-order valence-electron chi connectivity index (χ2n) is 4.78. The fraction of sp³-hybridized carbons (Fsp3) is 0.500. The first-order valence-corrected chi connectivity index (χ1v) is 7.44. The van der Waals surface area contributed by atoms with Crippen LogP contribution in [0.5, 0.6) is 0 Å². The lowest BCUT2D eigenvalue weighted by molar-refractivity contribution is 0.0653. The van der Waals surface area contributed by atoms with Crippen LogP contribution in [0.15, 0.2) is 24.3 Å². The molecule has 2 rings (SSSR count). The second-order valence-corrected chi connectivity index (χ2v) is 6.02. The van der Waals surface area contributed by atoms with Crippen LogP contribution in [0.3, 0.4) is 0 Å². The number of piperidine rings is 1. The van der Waals surface area contributed by atoms with Crippen molar-refractivity contribution < 1.29 is 9.90 Å². The number of likely N-dealkylation sites (tertiary alicyclic amines) is 1. The fourth-order valence-corrected chi connectivity index (χ4v) is 2.80. The molecule has 1 heterocycles. The average Bonchev–Trinajstić information content (AvgIpc) is 2.39. The van der Waals surface area contributed by atoms with E-state index in [4.69, 9.17) is 5.11 Å². The SMILES string of the molecule is O=C(c1ccc(I)cc1)N1CCCC(CCO)C1. The van der Waals surface area contributed by atoms with Gasteiger partial charge in [-0.15, -0.1) is 0 Å². The first kappa shape index (κ1) is 13.8. The molecule has 1 amide bonds. The van der Waals surface area contributed by atoms with E-state index in [9.17, 15) is 4.79 Å². The highest BCUT2D eigenvalue weighted by Crippen LogP contribution is 2.21. The van der Waals surface area contributed by atoms with Crippen molar-refractivity contribution in [2.24, 2.45) is 5.92 Å². The highest BCUT2D eigenvalue weighted by molar-refractivity contribution is 14.1. The van der Waals surface area contributed by atoms with Crippen molar-refractivity contribution in [3.05, 3.63) is 33.4 Å². The number of hydrogen-bond donors (Lipinski definition) is 1. The van der Waals surface area contributed by atoms with Crippen LogP contribution < -0.4 is 0 Å². The fourth-order valence-electron chi connectivity index (χ4n) is 2.44. The van der Waals surface area contributed by atoms with E-state index in [1.54, 1.807) is 0 Å². The van der Waals surface area contributed by atoms with Gasteiger partial charge in [0.05, 0.1) is 0 Å². The van der Waals surface area contributed by atoms with Crippen LogP contribution in [-0.4, -0.2) is 35.6 Å². The molecule has 1 saturated heterocycles. The molecule has 1 atom stereocenters. The minimum absolute atomic E-state index is 0.119. The van der Waals surface area contributed by atoms with Crippen molar-refractivity contribution in [2.75, 3.05) is 19.7 Å². The van der Waals surface area contributed by atoms with E-state index >= 15 is 0 Å². The van der Waals surface area contributed by atoms with E-state index in [1.165, 1.54) is 0 Å². The van der Waals surface area contributed by atoms with Crippen molar-refractivity contribution in [1.82, 2.24) is 4.90 Å². The van der Waals surface area contributed by atoms with Gasteiger partial charge in [0.2, 0.25) is 0 Å². The molecule has 1 aliphatic heterocycles. The van der Waals surface area contributed by atoms with Gasteiger partial charge >= 0.3 is 0 Å². The summed E-state index contributed by atoms with van der Waals surface area (Å²) >= 11 is 2.24. The van der Waals surface area contributed by atoms with E-state index in [0.717, 1.165) is 41.5 Å². The van der Waals surface area contributed by atoms with E-state index in [2.05, 4.69) is 22.6 Å². The Morgan fingerprint density at radius 2 is 2.11 bits per heavy atom. The lowest BCUT2D eigenvalue weighted by Crippen LogP contribution is -2.40. The number of hydrogen-bond acceptors (Lipinski definition) is 2. The summed E-state index contributed by atoms with van der Waals surface area (Å²) in [5.41, 5.74) is 0.764. The molecule has 0 bridgehead atoms. The Bertz CT molecular complexity index is 403. The predicted octanol–water partition coefficient (Wildman–Crippen LogP) is 2.53. The molecule has 1 unspecified atom stereocenters. The standard InChI is InChI=1S/C14H18INO2/c15-13-5-3-12(4-6-13)14(18)16-8-1-2-11(10-16)7-9-17/h3-6,11,17H,1-2,7-10H2. The quantitative estimate of drug-likeness (QED) is 0.843. The van der Waals surface area contributed by atoms with Gasteiger partial charge in [0, 0.05) is 28.8 Å². The molecule has 18 heavy (non-hydrogen) atoms. The zero-order chi connectivity index (χ0) is 13.0. The molecule has 1 aromatic carbocycles. The van der Waals surface area contributed by atoms with Crippen molar-refractivity contribution in [2.45, 2.75) is 19.3 Å². The number of aliphatic hydroxyl groups excluding tert-OH is 1. The lowest BCUT2D eigenvalue weighted by atomic mass is 9.94. The molecule has 0 saturated carbocycles. The first-order valence-electron chi connectivity index (χ1n) is 6.36. The highest BCUT2D eigenvalue weighted by atomic mass is 127. The number of aliphatic hydroxyl groups is 1.